The molecular formula is C30H46FN5O. The van der Waals surface area contributed by atoms with Gasteiger partial charge in [-0.3, -0.25) is 9.67 Å². The average molecular weight is 512 g/mol. The highest BCUT2D eigenvalue weighted by Gasteiger charge is 2.16. The summed E-state index contributed by atoms with van der Waals surface area (Å²) in [5.41, 5.74) is 6.72. The molecule has 3 heterocycles. The number of piperazine rings is 1. The van der Waals surface area contributed by atoms with Gasteiger partial charge in [-0.25, -0.2) is 4.39 Å². The first-order valence-corrected chi connectivity index (χ1v) is 13.7. The van der Waals surface area contributed by atoms with Crippen LogP contribution in [-0.2, 0) is 24.7 Å². The maximum absolute atomic E-state index is 13.5. The highest BCUT2D eigenvalue weighted by Crippen LogP contribution is 2.25. The molecule has 3 aromatic rings. The molecule has 2 aromatic heterocycles. The lowest BCUT2D eigenvalue weighted by atomic mass is 10.0. The van der Waals surface area contributed by atoms with Gasteiger partial charge in [-0.2, -0.15) is 5.10 Å². The van der Waals surface area contributed by atoms with Crippen LogP contribution in [0.2, 0.25) is 0 Å². The molecule has 0 aliphatic carbocycles. The van der Waals surface area contributed by atoms with Crippen molar-refractivity contribution >= 4 is 22.4 Å². The van der Waals surface area contributed by atoms with Gasteiger partial charge < -0.3 is 15.0 Å². The molecule has 6 nitrogen and oxygen atoms in total. The predicted molar refractivity (Wildman–Crippen MR) is 153 cm³/mol. The summed E-state index contributed by atoms with van der Waals surface area (Å²) in [6.07, 6.45) is 7.70. The number of benzene rings is 1. The molecule has 204 valence electrons. The van der Waals surface area contributed by atoms with Gasteiger partial charge in [0.1, 0.15) is 11.6 Å². The van der Waals surface area contributed by atoms with E-state index in [0.29, 0.717) is 0 Å². The molecule has 1 saturated heterocycles. The van der Waals surface area contributed by atoms with Gasteiger partial charge in [0, 0.05) is 74.4 Å². The van der Waals surface area contributed by atoms with Crippen molar-refractivity contribution in [2.45, 2.75) is 80.1 Å². The Hall–Kier alpha value is -2.80. The van der Waals surface area contributed by atoms with Crippen LogP contribution in [0, 0.1) is 19.7 Å². The van der Waals surface area contributed by atoms with Gasteiger partial charge in [0.15, 0.2) is 0 Å². The molecule has 0 saturated carbocycles. The molecule has 1 fully saturated rings. The number of hydrogen-bond donors (Lipinski definition) is 1. The van der Waals surface area contributed by atoms with Gasteiger partial charge in [-0.1, -0.05) is 33.6 Å². The van der Waals surface area contributed by atoms with Gasteiger partial charge in [0.2, 0.25) is 0 Å². The van der Waals surface area contributed by atoms with E-state index in [9.17, 15) is 9.18 Å². The first kappa shape index (κ1) is 30.4. The average Bonchev–Trinajstić information content (AvgIpc) is 3.21. The number of carbonyl (C=O) groups is 1. The van der Waals surface area contributed by atoms with E-state index in [1.807, 2.05) is 33.2 Å². The SMILES string of the molecule is CCCC(C)=O.CCCc1c(N2CCNCC2)cc(C)nc1C.CCCc1cc2cn(C)nc2cc1F. The van der Waals surface area contributed by atoms with Crippen LogP contribution in [0.25, 0.3) is 10.9 Å². The molecule has 0 unspecified atom stereocenters. The lowest BCUT2D eigenvalue weighted by Gasteiger charge is -2.32. The third-order valence-corrected chi connectivity index (χ3v) is 6.30. The van der Waals surface area contributed by atoms with Gasteiger partial charge >= 0.3 is 0 Å². The Balaban J connectivity index is 0.000000217. The Kier molecular flexibility index (Phi) is 12.7. The van der Waals surface area contributed by atoms with Crippen LogP contribution in [0.3, 0.4) is 0 Å². The zero-order valence-electron chi connectivity index (χ0n) is 24.0. The Morgan fingerprint density at radius 2 is 1.70 bits per heavy atom. The second-order valence-corrected chi connectivity index (χ2v) is 9.84. The lowest BCUT2D eigenvalue weighted by molar-refractivity contribution is -0.117. The first-order chi connectivity index (χ1) is 17.7. The number of rotatable bonds is 7. The lowest BCUT2D eigenvalue weighted by Crippen LogP contribution is -2.44. The molecule has 4 rings (SSSR count). The second kappa shape index (κ2) is 15.5. The van der Waals surface area contributed by atoms with Crippen molar-refractivity contribution in [3.8, 4) is 0 Å². The number of fused-ring (bicyclic) bond motifs is 1. The van der Waals surface area contributed by atoms with Crippen molar-refractivity contribution in [2.75, 3.05) is 31.1 Å². The third kappa shape index (κ3) is 9.54. The Labute approximate surface area is 222 Å². The number of ketones is 1. The molecule has 1 aromatic carbocycles. The number of aromatic nitrogens is 3. The minimum Gasteiger partial charge on any atom is -0.369 e. The van der Waals surface area contributed by atoms with Crippen molar-refractivity contribution in [2.24, 2.45) is 7.05 Å². The quantitative estimate of drug-likeness (QED) is 0.415. The highest BCUT2D eigenvalue weighted by atomic mass is 19.1. The van der Waals surface area contributed by atoms with E-state index in [4.69, 9.17) is 0 Å². The smallest absolute Gasteiger partial charge is 0.129 e. The van der Waals surface area contributed by atoms with Crippen LogP contribution in [0.4, 0.5) is 10.1 Å². The zero-order valence-corrected chi connectivity index (χ0v) is 24.0. The molecule has 0 spiro atoms. The number of pyridine rings is 1. The largest absolute Gasteiger partial charge is 0.369 e. The van der Waals surface area contributed by atoms with E-state index in [-0.39, 0.29) is 11.6 Å². The molecular weight excluding hydrogens is 465 g/mol. The maximum Gasteiger partial charge on any atom is 0.129 e. The molecule has 0 radical (unpaired) electrons. The number of carbonyl (C=O) groups excluding carboxylic acids is 1. The van der Waals surface area contributed by atoms with Crippen LogP contribution in [-0.4, -0.2) is 46.7 Å². The number of anilines is 1. The minimum absolute atomic E-state index is 0.141. The van der Waals surface area contributed by atoms with Crippen molar-refractivity contribution < 1.29 is 9.18 Å². The summed E-state index contributed by atoms with van der Waals surface area (Å²) >= 11 is 0. The van der Waals surface area contributed by atoms with Crippen LogP contribution >= 0.6 is 0 Å². The summed E-state index contributed by atoms with van der Waals surface area (Å²) in [6.45, 7) is 16.5. The predicted octanol–water partition coefficient (Wildman–Crippen LogP) is 6.10. The van der Waals surface area contributed by atoms with Gasteiger partial charge in [-0.15, -0.1) is 0 Å². The van der Waals surface area contributed by atoms with Crippen LogP contribution in [0.5, 0.6) is 0 Å². The third-order valence-electron chi connectivity index (χ3n) is 6.30. The molecule has 1 aliphatic rings. The number of aryl methyl sites for hydroxylation is 4. The summed E-state index contributed by atoms with van der Waals surface area (Å²) in [6, 6.07) is 5.66. The van der Waals surface area contributed by atoms with E-state index in [2.05, 4.69) is 47.1 Å². The Bertz CT molecular complexity index is 1130. The molecule has 0 atom stereocenters. The van der Waals surface area contributed by atoms with Crippen LogP contribution < -0.4 is 10.2 Å². The standard InChI is InChI=1S/C14H23N3.C11H13FN2.C5H10O/c1-4-5-13-12(3)16-11(2)10-14(13)17-8-6-15-7-9-17;1-3-4-8-5-9-7-14(2)13-11(9)6-10(8)12;1-3-4-5(2)6/h10,15H,4-9H2,1-3H3;5-7H,3-4H2,1-2H3;3-4H2,1-2H3. The summed E-state index contributed by atoms with van der Waals surface area (Å²) in [5.74, 6) is 0.149. The fraction of sp³-hybridized carbons (Fsp3) is 0.567. The topological polar surface area (TPSA) is 63.1 Å². The summed E-state index contributed by atoms with van der Waals surface area (Å²) in [4.78, 5) is 17.2. The Morgan fingerprint density at radius 3 is 2.27 bits per heavy atom. The highest BCUT2D eigenvalue weighted by molar-refractivity contribution is 5.79. The molecule has 1 N–H and O–H groups in total. The van der Waals surface area contributed by atoms with Crippen molar-refractivity contribution in [1.29, 1.82) is 0 Å². The minimum atomic E-state index is -0.141. The summed E-state index contributed by atoms with van der Waals surface area (Å²) in [7, 11) is 1.84. The normalized spacial score (nSPS) is 13.0. The summed E-state index contributed by atoms with van der Waals surface area (Å²) in [5, 5.41) is 8.57. The van der Waals surface area contributed by atoms with Crippen molar-refractivity contribution in [3.05, 3.63) is 52.7 Å². The molecule has 7 heteroatoms. The van der Waals surface area contributed by atoms with E-state index >= 15 is 0 Å². The number of hydrogen-bond acceptors (Lipinski definition) is 5. The number of nitrogens with one attached hydrogen (secondary N) is 1. The number of halogens is 1. The van der Waals surface area contributed by atoms with E-state index < -0.39 is 0 Å². The first-order valence-electron chi connectivity index (χ1n) is 13.7. The molecule has 0 bridgehead atoms. The second-order valence-electron chi connectivity index (χ2n) is 9.84. The number of nitrogens with zero attached hydrogens (tertiary/aromatic N) is 4. The summed E-state index contributed by atoms with van der Waals surface area (Å²) < 4.78 is 15.2. The van der Waals surface area contributed by atoms with E-state index in [0.717, 1.165) is 80.4 Å². The monoisotopic (exact) mass is 511 g/mol. The fourth-order valence-electron chi connectivity index (χ4n) is 4.61. The van der Waals surface area contributed by atoms with E-state index in [1.54, 1.807) is 11.6 Å². The van der Waals surface area contributed by atoms with Gasteiger partial charge in [0.05, 0.1) is 5.52 Å². The zero-order chi connectivity index (χ0) is 27.4. The van der Waals surface area contributed by atoms with Gasteiger partial charge in [-0.05, 0) is 63.3 Å². The molecule has 1 aliphatic heterocycles. The molecule has 37 heavy (non-hydrogen) atoms. The fourth-order valence-corrected chi connectivity index (χ4v) is 4.61. The van der Waals surface area contributed by atoms with Crippen molar-refractivity contribution in [1.82, 2.24) is 20.1 Å². The van der Waals surface area contributed by atoms with E-state index in [1.165, 1.54) is 29.4 Å². The molecule has 0 amide bonds. The van der Waals surface area contributed by atoms with Gasteiger partial charge in [0.25, 0.3) is 0 Å². The van der Waals surface area contributed by atoms with Crippen LogP contribution in [0.15, 0.2) is 24.4 Å². The Morgan fingerprint density at radius 1 is 1.03 bits per heavy atom. The van der Waals surface area contributed by atoms with Crippen LogP contribution in [0.1, 0.15) is 75.9 Å². The maximum atomic E-state index is 13.5. The van der Waals surface area contributed by atoms with Crippen molar-refractivity contribution in [3.63, 3.8) is 0 Å². The number of Topliss-reactive ketones (excluding diaryl/α,β-unsaturated/α-hetero) is 1.